The lowest BCUT2D eigenvalue weighted by Gasteiger charge is -2.03. The van der Waals surface area contributed by atoms with Crippen LogP contribution < -0.4 is 0 Å². The average Bonchev–Trinajstić information content (AvgIpc) is 2.25. The Labute approximate surface area is 90.0 Å². The zero-order valence-corrected chi connectivity index (χ0v) is 8.44. The van der Waals surface area contributed by atoms with Gasteiger partial charge in [-0.05, 0) is 6.92 Å². The summed E-state index contributed by atoms with van der Waals surface area (Å²) >= 11 is 0. The van der Waals surface area contributed by atoms with Crippen LogP contribution in [0.5, 0.6) is 0 Å². The van der Waals surface area contributed by atoms with Crippen LogP contribution >= 0.6 is 0 Å². The van der Waals surface area contributed by atoms with E-state index in [0.717, 1.165) is 6.92 Å². The molecule has 1 aliphatic rings. The van der Waals surface area contributed by atoms with Gasteiger partial charge in [0.25, 0.3) is 0 Å². The molecule has 0 radical (unpaired) electrons. The molecule has 0 N–H and O–H groups in total. The molecular weight excluding hydrogens is 216 g/mol. The van der Waals surface area contributed by atoms with E-state index in [0.29, 0.717) is 0 Å². The maximum atomic E-state index is 11.3. The molecular formula is C10H8O6. The minimum Gasteiger partial charge on any atom is -0.290 e. The molecule has 16 heavy (non-hydrogen) atoms. The number of carbonyl (C=O) groups is 6. The van der Waals surface area contributed by atoms with E-state index >= 15 is 0 Å². The van der Waals surface area contributed by atoms with Gasteiger partial charge >= 0.3 is 0 Å². The highest BCUT2D eigenvalue weighted by molar-refractivity contribution is 6.59. The highest BCUT2D eigenvalue weighted by Crippen LogP contribution is 2.09. The van der Waals surface area contributed by atoms with Crippen LogP contribution in [0.3, 0.4) is 0 Å². The third kappa shape index (κ3) is 2.16. The van der Waals surface area contributed by atoms with Crippen molar-refractivity contribution < 1.29 is 28.8 Å². The molecule has 0 saturated heterocycles. The highest BCUT2D eigenvalue weighted by atomic mass is 16.2. The van der Waals surface area contributed by atoms with E-state index in [4.69, 9.17) is 0 Å². The summed E-state index contributed by atoms with van der Waals surface area (Å²) in [5.74, 6) is -8.01. The van der Waals surface area contributed by atoms with E-state index in [9.17, 15) is 28.8 Å². The molecule has 1 saturated carbocycles. The molecule has 0 aromatic carbocycles. The van der Waals surface area contributed by atoms with Crippen molar-refractivity contribution in [2.45, 2.75) is 19.8 Å². The molecule has 0 aliphatic heterocycles. The van der Waals surface area contributed by atoms with Crippen LogP contribution in [0, 0.1) is 5.92 Å². The van der Waals surface area contributed by atoms with E-state index in [1.54, 1.807) is 0 Å². The van der Waals surface area contributed by atoms with Crippen LogP contribution in [0.25, 0.3) is 0 Å². The molecule has 1 fully saturated rings. The van der Waals surface area contributed by atoms with Gasteiger partial charge in [0, 0.05) is 0 Å². The van der Waals surface area contributed by atoms with Crippen LogP contribution in [0.1, 0.15) is 19.8 Å². The summed E-state index contributed by atoms with van der Waals surface area (Å²) in [6, 6.07) is 0. The first-order valence-corrected chi connectivity index (χ1v) is 4.54. The van der Waals surface area contributed by atoms with Gasteiger partial charge in [-0.15, -0.1) is 0 Å². The zero-order chi connectivity index (χ0) is 12.5. The number of Topliss-reactive ketones (excluding diaryl/α,β-unsaturated/α-hetero) is 6. The van der Waals surface area contributed by atoms with Gasteiger partial charge in [0.1, 0.15) is 0 Å². The van der Waals surface area contributed by atoms with E-state index in [2.05, 4.69) is 0 Å². The third-order valence-electron chi connectivity index (χ3n) is 2.29. The summed E-state index contributed by atoms with van der Waals surface area (Å²) in [5, 5.41) is 0. The van der Waals surface area contributed by atoms with Gasteiger partial charge < -0.3 is 0 Å². The van der Waals surface area contributed by atoms with Crippen molar-refractivity contribution in [3.63, 3.8) is 0 Å². The van der Waals surface area contributed by atoms with Crippen LogP contribution in [0.2, 0.25) is 0 Å². The Morgan fingerprint density at radius 3 is 1.31 bits per heavy atom. The Morgan fingerprint density at radius 2 is 1.00 bits per heavy atom. The zero-order valence-electron chi connectivity index (χ0n) is 8.44. The molecule has 0 heterocycles. The second kappa shape index (κ2) is 4.26. The first kappa shape index (κ1) is 12.1. The van der Waals surface area contributed by atoms with Crippen molar-refractivity contribution in [1.82, 2.24) is 0 Å². The SMILES string of the molecule is CC1C(=O)C(=O)CC(=O)C(=O)CC(=O)C1=O. The summed E-state index contributed by atoms with van der Waals surface area (Å²) in [7, 11) is 0. The first-order valence-electron chi connectivity index (χ1n) is 4.54. The standard InChI is InChI=1S/C10H8O6/c1-4-9(15)7(13)2-5(11)6(12)3-8(14)10(4)16/h4H,2-3H2,1H3. The highest BCUT2D eigenvalue weighted by Gasteiger charge is 2.36. The van der Waals surface area contributed by atoms with Crippen LogP contribution in [0.15, 0.2) is 0 Å². The fourth-order valence-corrected chi connectivity index (χ4v) is 1.27. The predicted octanol–water partition coefficient (Wildman–Crippen LogP) is -1.17. The maximum Gasteiger partial charge on any atom is 0.209 e. The molecule has 84 valence electrons. The minimum absolute atomic E-state index is 0.859. The Morgan fingerprint density at radius 1 is 0.688 bits per heavy atom. The molecule has 0 spiro atoms. The molecule has 1 rings (SSSR count). The smallest absolute Gasteiger partial charge is 0.209 e. The summed E-state index contributed by atoms with van der Waals surface area (Å²) in [5.41, 5.74) is 0. The van der Waals surface area contributed by atoms with Gasteiger partial charge in [-0.2, -0.15) is 0 Å². The molecule has 6 nitrogen and oxygen atoms in total. The second-order valence-electron chi connectivity index (χ2n) is 3.50. The lowest BCUT2D eigenvalue weighted by molar-refractivity contribution is -0.145. The molecule has 0 aromatic heterocycles. The van der Waals surface area contributed by atoms with Crippen molar-refractivity contribution in [3.8, 4) is 0 Å². The van der Waals surface area contributed by atoms with E-state index < -0.39 is 53.5 Å². The Bertz CT molecular complexity index is 391. The van der Waals surface area contributed by atoms with Crippen molar-refractivity contribution in [2.75, 3.05) is 0 Å². The topological polar surface area (TPSA) is 102 Å². The van der Waals surface area contributed by atoms with Gasteiger partial charge in [-0.3, -0.25) is 28.8 Å². The quantitative estimate of drug-likeness (QED) is 0.379. The van der Waals surface area contributed by atoms with Gasteiger partial charge in [-0.1, -0.05) is 0 Å². The average molecular weight is 224 g/mol. The monoisotopic (exact) mass is 224 g/mol. The number of ketones is 6. The number of rotatable bonds is 0. The van der Waals surface area contributed by atoms with Crippen molar-refractivity contribution in [2.24, 2.45) is 5.92 Å². The van der Waals surface area contributed by atoms with Crippen molar-refractivity contribution in [1.29, 1.82) is 0 Å². The first-order chi connectivity index (χ1) is 7.34. The Kier molecular flexibility index (Phi) is 3.22. The van der Waals surface area contributed by atoms with Gasteiger partial charge in [0.2, 0.25) is 34.7 Å². The van der Waals surface area contributed by atoms with Crippen LogP contribution in [-0.2, 0) is 28.8 Å². The fraction of sp³-hybridized carbons (Fsp3) is 0.400. The Balaban J connectivity index is 3.13. The summed E-state index contributed by atoms with van der Waals surface area (Å²) in [6.07, 6.45) is -1.72. The van der Waals surface area contributed by atoms with E-state index in [-0.39, 0.29) is 0 Å². The molecule has 0 atom stereocenters. The second-order valence-corrected chi connectivity index (χ2v) is 3.50. The largest absolute Gasteiger partial charge is 0.290 e. The maximum absolute atomic E-state index is 11.3. The van der Waals surface area contributed by atoms with Gasteiger partial charge in [-0.25, -0.2) is 0 Å². The van der Waals surface area contributed by atoms with Crippen LogP contribution in [-0.4, -0.2) is 34.7 Å². The molecule has 0 aromatic rings. The van der Waals surface area contributed by atoms with Crippen LogP contribution in [0.4, 0.5) is 0 Å². The van der Waals surface area contributed by atoms with Gasteiger partial charge in [0.05, 0.1) is 18.8 Å². The molecule has 6 heteroatoms. The summed E-state index contributed by atoms with van der Waals surface area (Å²) in [4.78, 5) is 66.9. The van der Waals surface area contributed by atoms with Crippen molar-refractivity contribution in [3.05, 3.63) is 0 Å². The minimum atomic E-state index is -1.40. The molecule has 0 bridgehead atoms. The number of carbonyl (C=O) groups excluding carboxylic acids is 6. The normalized spacial score (nSPS) is 20.8. The lowest BCUT2D eigenvalue weighted by Crippen LogP contribution is -2.31. The van der Waals surface area contributed by atoms with Gasteiger partial charge in [0.15, 0.2) is 0 Å². The number of hydrogen-bond acceptors (Lipinski definition) is 6. The molecule has 0 unspecified atom stereocenters. The molecule has 1 aliphatic carbocycles. The third-order valence-corrected chi connectivity index (χ3v) is 2.29. The Hall–Kier alpha value is -1.98. The fourth-order valence-electron chi connectivity index (χ4n) is 1.27. The lowest BCUT2D eigenvalue weighted by atomic mass is 9.95. The molecule has 0 amide bonds. The summed E-state index contributed by atoms with van der Waals surface area (Å²) < 4.78 is 0. The van der Waals surface area contributed by atoms with Crippen molar-refractivity contribution >= 4 is 34.7 Å². The summed E-state index contributed by atoms with van der Waals surface area (Å²) in [6.45, 7) is 1.11. The van der Waals surface area contributed by atoms with E-state index in [1.807, 2.05) is 0 Å². The van der Waals surface area contributed by atoms with E-state index in [1.165, 1.54) is 0 Å². The number of hydrogen-bond donors (Lipinski definition) is 0. The predicted molar refractivity (Wildman–Crippen MR) is 48.4 cm³/mol.